The van der Waals surface area contributed by atoms with E-state index in [2.05, 4.69) is 0 Å². The fourth-order valence-corrected chi connectivity index (χ4v) is 2.44. The fourth-order valence-electron chi connectivity index (χ4n) is 2.44. The number of rotatable bonds is 5. The van der Waals surface area contributed by atoms with Gasteiger partial charge in [0.25, 0.3) is 5.56 Å². The normalized spacial score (nSPS) is 10.9. The van der Waals surface area contributed by atoms with Gasteiger partial charge in [0.05, 0.1) is 12.3 Å². The number of aromatic nitrogens is 1. The van der Waals surface area contributed by atoms with Gasteiger partial charge in [-0.1, -0.05) is 18.2 Å². The van der Waals surface area contributed by atoms with Gasteiger partial charge in [-0.25, -0.2) is 0 Å². The van der Waals surface area contributed by atoms with Gasteiger partial charge < -0.3 is 15.0 Å². The summed E-state index contributed by atoms with van der Waals surface area (Å²) < 4.78 is 7.46. The van der Waals surface area contributed by atoms with Gasteiger partial charge in [-0.3, -0.25) is 4.79 Å². The van der Waals surface area contributed by atoms with Gasteiger partial charge in [-0.05, 0) is 39.0 Å². The summed E-state index contributed by atoms with van der Waals surface area (Å²) in [5, 5.41) is 0. The summed E-state index contributed by atoms with van der Waals surface area (Å²) >= 11 is 0. The molecule has 0 spiro atoms. The third kappa shape index (κ3) is 3.00. The molecule has 0 unspecified atom stereocenters. The zero-order valence-electron chi connectivity index (χ0n) is 12.8. The van der Waals surface area contributed by atoms with Crippen molar-refractivity contribution in [3.05, 3.63) is 52.3 Å². The van der Waals surface area contributed by atoms with Crippen LogP contribution >= 0.6 is 0 Å². The summed E-state index contributed by atoms with van der Waals surface area (Å²) in [5.74, 6) is 0.786. The number of pyridine rings is 1. The van der Waals surface area contributed by atoms with E-state index in [9.17, 15) is 4.79 Å². The molecular weight excluding hydrogens is 264 g/mol. The first-order valence-corrected chi connectivity index (χ1v) is 7.26. The minimum atomic E-state index is -0.0312. The molecule has 2 N–H and O–H groups in total. The zero-order valence-corrected chi connectivity index (χ0v) is 12.8. The first kappa shape index (κ1) is 15.3. The lowest BCUT2D eigenvalue weighted by Gasteiger charge is -2.19. The van der Waals surface area contributed by atoms with Crippen LogP contribution in [0.5, 0.6) is 5.75 Å². The first-order valence-electron chi connectivity index (χ1n) is 7.26. The van der Waals surface area contributed by atoms with E-state index in [-0.39, 0.29) is 18.1 Å². The molecule has 1 aromatic heterocycles. The van der Waals surface area contributed by atoms with E-state index in [1.54, 1.807) is 10.6 Å². The molecule has 0 saturated carbocycles. The van der Waals surface area contributed by atoms with Crippen molar-refractivity contribution in [1.29, 1.82) is 0 Å². The number of para-hydroxylation sites is 1. The molecule has 0 aliphatic heterocycles. The molecule has 0 saturated heterocycles. The molecule has 112 valence electrons. The van der Waals surface area contributed by atoms with Crippen molar-refractivity contribution >= 4 is 0 Å². The van der Waals surface area contributed by atoms with Gasteiger partial charge in [0.15, 0.2) is 0 Å². The minimum Gasteiger partial charge on any atom is -0.493 e. The average molecular weight is 286 g/mol. The van der Waals surface area contributed by atoms with E-state index in [0.29, 0.717) is 12.2 Å². The molecule has 21 heavy (non-hydrogen) atoms. The highest BCUT2D eigenvalue weighted by Crippen LogP contribution is 2.30. The molecule has 1 aromatic carbocycles. The van der Waals surface area contributed by atoms with Crippen LogP contribution < -0.4 is 16.0 Å². The Morgan fingerprint density at radius 3 is 2.52 bits per heavy atom. The average Bonchev–Trinajstić information content (AvgIpc) is 2.47. The van der Waals surface area contributed by atoms with Crippen LogP contribution in [0.15, 0.2) is 41.2 Å². The van der Waals surface area contributed by atoms with Crippen molar-refractivity contribution in [1.82, 2.24) is 4.57 Å². The number of benzene rings is 1. The van der Waals surface area contributed by atoms with Crippen molar-refractivity contribution in [2.75, 3.05) is 6.61 Å². The van der Waals surface area contributed by atoms with Crippen LogP contribution in [-0.2, 0) is 6.54 Å². The number of nitrogens with two attached hydrogens (primary N) is 1. The Hall–Kier alpha value is -2.07. The highest BCUT2D eigenvalue weighted by Gasteiger charge is 2.15. The Labute approximate surface area is 125 Å². The standard InChI is InChI=1S/C17H22N2O2/c1-4-21-16-8-6-5-7-14(16)15-10-9-13(11-18)17(20)19(15)12(2)3/h5-10,12H,4,11,18H2,1-3H3. The maximum Gasteiger partial charge on any atom is 0.255 e. The molecule has 0 bridgehead atoms. The van der Waals surface area contributed by atoms with Crippen molar-refractivity contribution in [3.8, 4) is 17.0 Å². The quantitative estimate of drug-likeness (QED) is 0.919. The Balaban J connectivity index is 2.70. The predicted molar refractivity (Wildman–Crippen MR) is 85.6 cm³/mol. The predicted octanol–water partition coefficient (Wildman–Crippen LogP) is 2.95. The largest absolute Gasteiger partial charge is 0.493 e. The Morgan fingerprint density at radius 1 is 1.19 bits per heavy atom. The van der Waals surface area contributed by atoms with Gasteiger partial charge in [0, 0.05) is 23.7 Å². The van der Waals surface area contributed by atoms with Crippen molar-refractivity contribution in [2.45, 2.75) is 33.4 Å². The van der Waals surface area contributed by atoms with Crippen LogP contribution in [0.25, 0.3) is 11.3 Å². The second-order valence-electron chi connectivity index (χ2n) is 5.15. The van der Waals surface area contributed by atoms with Crippen LogP contribution in [0.4, 0.5) is 0 Å². The van der Waals surface area contributed by atoms with Crippen LogP contribution in [0.1, 0.15) is 32.4 Å². The number of hydrogen-bond acceptors (Lipinski definition) is 3. The summed E-state index contributed by atoms with van der Waals surface area (Å²) in [6, 6.07) is 11.6. The molecule has 4 nitrogen and oxygen atoms in total. The van der Waals surface area contributed by atoms with Crippen molar-refractivity contribution in [3.63, 3.8) is 0 Å². The highest BCUT2D eigenvalue weighted by molar-refractivity contribution is 5.67. The zero-order chi connectivity index (χ0) is 15.4. The molecule has 4 heteroatoms. The lowest BCUT2D eigenvalue weighted by atomic mass is 10.1. The van der Waals surface area contributed by atoms with Gasteiger partial charge in [0.2, 0.25) is 0 Å². The molecule has 0 amide bonds. The van der Waals surface area contributed by atoms with Crippen LogP contribution in [0, 0.1) is 0 Å². The smallest absolute Gasteiger partial charge is 0.255 e. The molecule has 0 aliphatic rings. The molecule has 0 radical (unpaired) electrons. The van der Waals surface area contributed by atoms with Crippen LogP contribution in [-0.4, -0.2) is 11.2 Å². The molecule has 0 aliphatic carbocycles. The Bertz CT molecular complexity index is 675. The number of nitrogens with zero attached hydrogens (tertiary/aromatic N) is 1. The number of hydrogen-bond donors (Lipinski definition) is 1. The van der Waals surface area contributed by atoms with E-state index in [1.807, 2.05) is 51.1 Å². The lowest BCUT2D eigenvalue weighted by molar-refractivity contribution is 0.341. The maximum absolute atomic E-state index is 12.5. The van der Waals surface area contributed by atoms with Crippen LogP contribution in [0.3, 0.4) is 0 Å². The summed E-state index contributed by atoms with van der Waals surface area (Å²) in [5.41, 5.74) is 8.03. The minimum absolute atomic E-state index is 0.0312. The number of ether oxygens (including phenoxy) is 1. The monoisotopic (exact) mass is 286 g/mol. The third-order valence-corrected chi connectivity index (χ3v) is 3.39. The molecule has 2 rings (SSSR count). The third-order valence-electron chi connectivity index (χ3n) is 3.39. The van der Waals surface area contributed by atoms with Crippen molar-refractivity contribution < 1.29 is 4.74 Å². The van der Waals surface area contributed by atoms with E-state index in [4.69, 9.17) is 10.5 Å². The topological polar surface area (TPSA) is 57.2 Å². The molecule has 1 heterocycles. The first-order chi connectivity index (χ1) is 10.1. The second-order valence-corrected chi connectivity index (χ2v) is 5.15. The van der Waals surface area contributed by atoms with Gasteiger partial charge in [-0.2, -0.15) is 0 Å². The highest BCUT2D eigenvalue weighted by atomic mass is 16.5. The molecule has 2 aromatic rings. The summed E-state index contributed by atoms with van der Waals surface area (Å²) in [6.07, 6.45) is 0. The van der Waals surface area contributed by atoms with Crippen molar-refractivity contribution in [2.24, 2.45) is 5.73 Å². The SMILES string of the molecule is CCOc1ccccc1-c1ccc(CN)c(=O)n1C(C)C. The van der Waals surface area contributed by atoms with E-state index < -0.39 is 0 Å². The van der Waals surface area contributed by atoms with Gasteiger partial charge >= 0.3 is 0 Å². The van der Waals surface area contributed by atoms with E-state index in [0.717, 1.165) is 17.0 Å². The van der Waals surface area contributed by atoms with E-state index >= 15 is 0 Å². The Kier molecular flexibility index (Phi) is 4.81. The fraction of sp³-hybridized carbons (Fsp3) is 0.353. The summed E-state index contributed by atoms with van der Waals surface area (Å²) in [6.45, 7) is 6.77. The summed E-state index contributed by atoms with van der Waals surface area (Å²) in [4.78, 5) is 12.5. The lowest BCUT2D eigenvalue weighted by Crippen LogP contribution is -2.28. The molecule has 0 atom stereocenters. The molecular formula is C17H22N2O2. The second kappa shape index (κ2) is 6.59. The molecule has 0 fully saturated rings. The summed E-state index contributed by atoms with van der Waals surface area (Å²) in [7, 11) is 0. The Morgan fingerprint density at radius 2 is 1.90 bits per heavy atom. The van der Waals surface area contributed by atoms with Crippen LogP contribution in [0.2, 0.25) is 0 Å². The maximum atomic E-state index is 12.5. The van der Waals surface area contributed by atoms with E-state index in [1.165, 1.54) is 0 Å². The van der Waals surface area contributed by atoms with Gasteiger partial charge in [0.1, 0.15) is 5.75 Å². The van der Waals surface area contributed by atoms with Gasteiger partial charge in [-0.15, -0.1) is 0 Å².